The zero-order chi connectivity index (χ0) is 10.6. The fourth-order valence-corrected chi connectivity index (χ4v) is 0.942. The third-order valence-corrected chi connectivity index (χ3v) is 1.55. The molecule has 0 saturated heterocycles. The summed E-state index contributed by atoms with van der Waals surface area (Å²) in [6, 6.07) is 6.17. The second-order valence-electron chi connectivity index (χ2n) is 2.56. The first-order valence-electron chi connectivity index (χ1n) is 3.75. The van der Waals surface area contributed by atoms with E-state index in [0.29, 0.717) is 11.1 Å². The van der Waals surface area contributed by atoms with E-state index in [1.165, 1.54) is 12.1 Å². The van der Waals surface area contributed by atoms with E-state index in [9.17, 15) is 14.9 Å². The van der Waals surface area contributed by atoms with Gasteiger partial charge in [0.05, 0.1) is 0 Å². The summed E-state index contributed by atoms with van der Waals surface area (Å²) < 4.78 is 0. The average Bonchev–Trinajstić information content (AvgIpc) is 2.15. The first-order chi connectivity index (χ1) is 6.59. The maximum Gasteiger partial charge on any atom is 0.294 e. The molecule has 14 heavy (non-hydrogen) atoms. The Balaban J connectivity index is 2.73. The minimum atomic E-state index is -0.892. The monoisotopic (exact) mass is 196 g/mol. The van der Waals surface area contributed by atoms with Crippen LogP contribution in [0.5, 0.6) is 0 Å². The van der Waals surface area contributed by atoms with Gasteiger partial charge in [0, 0.05) is 5.56 Å². The number of rotatable bonds is 4. The van der Waals surface area contributed by atoms with Gasteiger partial charge in [-0.05, 0) is 17.7 Å². The highest BCUT2D eigenvalue weighted by atomic mass is 16.9. The molecule has 6 heteroatoms. The van der Waals surface area contributed by atoms with Gasteiger partial charge in [0.15, 0.2) is 0 Å². The lowest BCUT2D eigenvalue weighted by molar-refractivity contribution is -0.763. The van der Waals surface area contributed by atoms with Crippen LogP contribution in [0.1, 0.15) is 15.9 Å². The molecule has 1 amide bonds. The molecule has 0 fully saturated rings. The molecule has 1 aromatic rings. The normalized spacial score (nSPS) is 9.43. The van der Waals surface area contributed by atoms with Gasteiger partial charge in [-0.2, -0.15) is 0 Å². The van der Waals surface area contributed by atoms with E-state index < -0.39 is 11.0 Å². The van der Waals surface area contributed by atoms with E-state index in [1.807, 2.05) is 0 Å². The van der Waals surface area contributed by atoms with Gasteiger partial charge < -0.3 is 10.6 Å². The van der Waals surface area contributed by atoms with Gasteiger partial charge in [0.1, 0.15) is 6.61 Å². The van der Waals surface area contributed by atoms with Crippen molar-refractivity contribution in [3.8, 4) is 0 Å². The molecule has 0 atom stereocenters. The second kappa shape index (κ2) is 4.22. The highest BCUT2D eigenvalue weighted by molar-refractivity contribution is 5.92. The number of primary amides is 1. The molecule has 0 radical (unpaired) electrons. The lowest BCUT2D eigenvalue weighted by Gasteiger charge is -2.00. The molecule has 74 valence electrons. The van der Waals surface area contributed by atoms with Gasteiger partial charge in [-0.1, -0.05) is 12.1 Å². The SMILES string of the molecule is NC(=O)c1cccc(CO[N+](=O)[O-])c1. The third-order valence-electron chi connectivity index (χ3n) is 1.55. The third kappa shape index (κ3) is 2.74. The summed E-state index contributed by atoms with van der Waals surface area (Å²) in [6.07, 6.45) is 0. The predicted octanol–water partition coefficient (Wildman–Crippen LogP) is 0.494. The van der Waals surface area contributed by atoms with Crippen LogP contribution in [0, 0.1) is 10.1 Å². The number of nitrogens with zero attached hydrogens (tertiary/aromatic N) is 1. The van der Waals surface area contributed by atoms with Crippen molar-refractivity contribution in [2.75, 3.05) is 0 Å². The number of amides is 1. The smallest absolute Gasteiger partial charge is 0.294 e. The van der Waals surface area contributed by atoms with Crippen LogP contribution in [0.25, 0.3) is 0 Å². The Morgan fingerprint density at radius 1 is 1.57 bits per heavy atom. The molecule has 0 aromatic heterocycles. The zero-order valence-electron chi connectivity index (χ0n) is 7.17. The van der Waals surface area contributed by atoms with Crippen molar-refractivity contribution in [1.82, 2.24) is 0 Å². The van der Waals surface area contributed by atoms with Crippen LogP contribution in [0.2, 0.25) is 0 Å². The summed E-state index contributed by atoms with van der Waals surface area (Å²) in [5.41, 5.74) is 5.85. The van der Waals surface area contributed by atoms with E-state index in [0.717, 1.165) is 0 Å². The molecule has 0 aliphatic heterocycles. The van der Waals surface area contributed by atoms with Crippen molar-refractivity contribution in [3.63, 3.8) is 0 Å². The molecule has 1 rings (SSSR count). The Morgan fingerprint density at radius 2 is 2.29 bits per heavy atom. The van der Waals surface area contributed by atoms with Crippen LogP contribution >= 0.6 is 0 Å². The molecule has 0 unspecified atom stereocenters. The predicted molar refractivity (Wildman–Crippen MR) is 46.7 cm³/mol. The molecule has 1 aromatic carbocycles. The minimum absolute atomic E-state index is 0.186. The summed E-state index contributed by atoms with van der Waals surface area (Å²) in [5.74, 6) is -0.576. The van der Waals surface area contributed by atoms with Gasteiger partial charge in [0.2, 0.25) is 5.91 Å². The second-order valence-corrected chi connectivity index (χ2v) is 2.56. The van der Waals surface area contributed by atoms with Crippen LogP contribution in [0.4, 0.5) is 0 Å². The Hall–Kier alpha value is -2.11. The summed E-state index contributed by atoms with van der Waals surface area (Å²) in [4.78, 5) is 24.8. The summed E-state index contributed by atoms with van der Waals surface area (Å²) in [5, 5.41) is 8.99. The van der Waals surface area contributed by atoms with Crippen molar-refractivity contribution in [3.05, 3.63) is 45.5 Å². The van der Waals surface area contributed by atoms with Crippen molar-refractivity contribution in [2.24, 2.45) is 5.73 Å². The molecule has 0 saturated carbocycles. The minimum Gasteiger partial charge on any atom is -0.366 e. The molecule has 0 spiro atoms. The largest absolute Gasteiger partial charge is 0.366 e. The van der Waals surface area contributed by atoms with Gasteiger partial charge in [0.25, 0.3) is 5.09 Å². The summed E-state index contributed by atoms with van der Waals surface area (Å²) in [6.45, 7) is -0.186. The lowest BCUT2D eigenvalue weighted by Crippen LogP contribution is -2.11. The molecule has 0 bridgehead atoms. The average molecular weight is 196 g/mol. The molecule has 0 heterocycles. The van der Waals surface area contributed by atoms with E-state index in [1.54, 1.807) is 12.1 Å². The number of carbonyl (C=O) groups is 1. The zero-order valence-corrected chi connectivity index (χ0v) is 7.17. The van der Waals surface area contributed by atoms with Crippen molar-refractivity contribution in [2.45, 2.75) is 6.61 Å². The van der Waals surface area contributed by atoms with Gasteiger partial charge in [-0.25, -0.2) is 0 Å². The molecular weight excluding hydrogens is 188 g/mol. The van der Waals surface area contributed by atoms with Gasteiger partial charge >= 0.3 is 0 Å². The lowest BCUT2D eigenvalue weighted by atomic mass is 10.1. The van der Waals surface area contributed by atoms with E-state index in [4.69, 9.17) is 5.73 Å². The summed E-state index contributed by atoms with van der Waals surface area (Å²) >= 11 is 0. The highest BCUT2D eigenvalue weighted by Crippen LogP contribution is 2.05. The molecular formula is C8H8N2O4. The standard InChI is InChI=1S/C8H8N2O4/c9-8(11)7-3-1-2-6(4-7)5-14-10(12)13/h1-4H,5H2,(H2,9,11). The summed E-state index contributed by atoms with van der Waals surface area (Å²) in [7, 11) is 0. The maximum absolute atomic E-state index is 10.7. The van der Waals surface area contributed by atoms with Gasteiger partial charge in [-0.15, -0.1) is 10.1 Å². The first-order valence-corrected chi connectivity index (χ1v) is 3.75. The van der Waals surface area contributed by atoms with Crippen LogP contribution in [-0.2, 0) is 11.4 Å². The first kappa shape index (κ1) is 9.97. The van der Waals surface area contributed by atoms with Crippen LogP contribution in [0.15, 0.2) is 24.3 Å². The Labute approximate surface area is 79.4 Å². The van der Waals surface area contributed by atoms with Crippen molar-refractivity contribution >= 4 is 5.91 Å². The van der Waals surface area contributed by atoms with Crippen molar-refractivity contribution < 1.29 is 14.7 Å². The number of benzene rings is 1. The maximum atomic E-state index is 10.7. The Morgan fingerprint density at radius 3 is 2.86 bits per heavy atom. The van der Waals surface area contributed by atoms with Crippen LogP contribution in [-0.4, -0.2) is 11.0 Å². The topological polar surface area (TPSA) is 95.5 Å². The highest BCUT2D eigenvalue weighted by Gasteiger charge is 2.02. The van der Waals surface area contributed by atoms with Crippen molar-refractivity contribution in [1.29, 1.82) is 0 Å². The molecule has 0 aliphatic carbocycles. The van der Waals surface area contributed by atoms with Gasteiger partial charge in [-0.3, -0.25) is 4.79 Å². The van der Waals surface area contributed by atoms with Crippen LogP contribution in [0.3, 0.4) is 0 Å². The number of hydrogen-bond acceptors (Lipinski definition) is 4. The number of nitrogens with two attached hydrogens (primary N) is 1. The molecule has 2 N–H and O–H groups in total. The Bertz CT molecular complexity index is 364. The van der Waals surface area contributed by atoms with E-state index >= 15 is 0 Å². The Kier molecular flexibility index (Phi) is 3.01. The quantitative estimate of drug-likeness (QED) is 0.560. The molecule has 6 nitrogen and oxygen atoms in total. The fraction of sp³-hybridized carbons (Fsp3) is 0.125. The number of carbonyl (C=O) groups excluding carboxylic acids is 1. The molecule has 0 aliphatic rings. The fourth-order valence-electron chi connectivity index (χ4n) is 0.942. The van der Waals surface area contributed by atoms with E-state index in [-0.39, 0.29) is 6.61 Å². The van der Waals surface area contributed by atoms with Crippen LogP contribution < -0.4 is 5.73 Å². The van der Waals surface area contributed by atoms with E-state index in [2.05, 4.69) is 4.84 Å². The number of hydrogen-bond donors (Lipinski definition) is 1.